The highest BCUT2D eigenvalue weighted by Gasteiger charge is 2.28. The summed E-state index contributed by atoms with van der Waals surface area (Å²) in [5.41, 5.74) is 5.63. The van der Waals surface area contributed by atoms with Crippen molar-refractivity contribution >= 4 is 0 Å². The maximum absolute atomic E-state index is 8.66. The molecule has 0 radical (unpaired) electrons. The predicted octanol–water partition coefficient (Wildman–Crippen LogP) is 0.788. The van der Waals surface area contributed by atoms with Crippen LogP contribution in [0, 0.1) is 11.3 Å². The summed E-state index contributed by atoms with van der Waals surface area (Å²) in [5.74, 6) is 0. The molecule has 0 spiro atoms. The molecule has 0 aliphatic carbocycles. The molecule has 2 atom stereocenters. The molecular formula is C13H24N4. The van der Waals surface area contributed by atoms with Crippen LogP contribution < -0.4 is 5.73 Å². The van der Waals surface area contributed by atoms with Gasteiger partial charge in [-0.25, -0.2) is 0 Å². The lowest BCUT2D eigenvalue weighted by molar-refractivity contribution is 0.162. The monoisotopic (exact) mass is 236 g/mol. The molecule has 2 saturated heterocycles. The molecule has 4 nitrogen and oxygen atoms in total. The van der Waals surface area contributed by atoms with Gasteiger partial charge in [0.2, 0.25) is 0 Å². The minimum Gasteiger partial charge on any atom is -0.316 e. The number of hydrogen-bond donors (Lipinski definition) is 1. The van der Waals surface area contributed by atoms with Crippen molar-refractivity contribution in [1.82, 2.24) is 9.80 Å². The van der Waals surface area contributed by atoms with Crippen molar-refractivity contribution in [2.45, 2.75) is 44.2 Å². The van der Waals surface area contributed by atoms with Gasteiger partial charge in [-0.2, -0.15) is 5.26 Å². The van der Waals surface area contributed by atoms with Gasteiger partial charge in [-0.1, -0.05) is 6.42 Å². The van der Waals surface area contributed by atoms with E-state index in [-0.39, 0.29) is 6.04 Å². The van der Waals surface area contributed by atoms with E-state index in [0.29, 0.717) is 0 Å². The smallest absolute Gasteiger partial charge is 0.0940 e. The molecule has 2 rings (SSSR count). The van der Waals surface area contributed by atoms with Gasteiger partial charge in [-0.3, -0.25) is 4.90 Å². The molecule has 2 unspecified atom stereocenters. The number of rotatable bonds is 4. The Morgan fingerprint density at radius 3 is 2.71 bits per heavy atom. The second kappa shape index (κ2) is 6.34. The van der Waals surface area contributed by atoms with Gasteiger partial charge in [-0.15, -0.1) is 0 Å². The van der Waals surface area contributed by atoms with Crippen LogP contribution in [0.25, 0.3) is 0 Å². The van der Waals surface area contributed by atoms with Crippen LogP contribution in [0.4, 0.5) is 0 Å². The van der Waals surface area contributed by atoms with Crippen molar-refractivity contribution in [2.75, 3.05) is 32.7 Å². The van der Waals surface area contributed by atoms with Gasteiger partial charge < -0.3 is 10.6 Å². The maximum atomic E-state index is 8.66. The second-order valence-corrected chi connectivity index (χ2v) is 5.36. The largest absolute Gasteiger partial charge is 0.316 e. The average molecular weight is 236 g/mol. The summed E-state index contributed by atoms with van der Waals surface area (Å²) < 4.78 is 0. The first-order valence-corrected chi connectivity index (χ1v) is 6.91. The van der Waals surface area contributed by atoms with E-state index in [9.17, 15) is 0 Å². The fourth-order valence-corrected chi connectivity index (χ4v) is 2.98. The predicted molar refractivity (Wildman–Crippen MR) is 68.5 cm³/mol. The van der Waals surface area contributed by atoms with E-state index in [1.54, 1.807) is 0 Å². The normalized spacial score (nSPS) is 29.1. The summed E-state index contributed by atoms with van der Waals surface area (Å²) in [6.45, 7) is 5.92. The van der Waals surface area contributed by atoms with E-state index in [1.165, 1.54) is 51.9 Å². The van der Waals surface area contributed by atoms with Crippen LogP contribution in [0.3, 0.4) is 0 Å². The molecule has 0 aromatic carbocycles. The molecule has 0 aromatic heterocycles. The van der Waals surface area contributed by atoms with Gasteiger partial charge in [0.1, 0.15) is 0 Å². The molecular weight excluding hydrogens is 212 g/mol. The van der Waals surface area contributed by atoms with Crippen LogP contribution in [-0.2, 0) is 0 Å². The lowest BCUT2D eigenvalue weighted by Crippen LogP contribution is -2.41. The average Bonchev–Trinajstić information content (AvgIpc) is 2.86. The number of likely N-dealkylation sites (tertiary alicyclic amines) is 2. The molecule has 2 heterocycles. The van der Waals surface area contributed by atoms with Gasteiger partial charge in [0.25, 0.3) is 0 Å². The number of nitriles is 1. The van der Waals surface area contributed by atoms with Gasteiger partial charge in [0, 0.05) is 19.1 Å². The fourth-order valence-electron chi connectivity index (χ4n) is 2.98. The van der Waals surface area contributed by atoms with E-state index in [1.807, 2.05) is 0 Å². The number of nitrogens with zero attached hydrogens (tertiary/aromatic N) is 3. The van der Waals surface area contributed by atoms with Crippen molar-refractivity contribution in [3.63, 3.8) is 0 Å². The van der Waals surface area contributed by atoms with Crippen LogP contribution in [0.15, 0.2) is 0 Å². The molecule has 0 amide bonds. The Labute approximate surface area is 104 Å². The van der Waals surface area contributed by atoms with Crippen molar-refractivity contribution in [2.24, 2.45) is 5.73 Å². The zero-order valence-electron chi connectivity index (χ0n) is 10.6. The minimum atomic E-state index is -0.288. The van der Waals surface area contributed by atoms with Gasteiger partial charge in [-0.05, 0) is 45.3 Å². The van der Waals surface area contributed by atoms with Crippen LogP contribution >= 0.6 is 0 Å². The molecule has 0 aromatic rings. The molecule has 0 saturated carbocycles. The zero-order chi connectivity index (χ0) is 12.1. The van der Waals surface area contributed by atoms with Gasteiger partial charge in [0.05, 0.1) is 12.1 Å². The maximum Gasteiger partial charge on any atom is 0.0940 e. The SMILES string of the molecule is N#CC(N)CCN1CCC(N2CCCCC2)C1. The molecule has 17 heavy (non-hydrogen) atoms. The summed E-state index contributed by atoms with van der Waals surface area (Å²) in [6.07, 6.45) is 6.25. The summed E-state index contributed by atoms with van der Waals surface area (Å²) in [4.78, 5) is 5.13. The van der Waals surface area contributed by atoms with Crippen LogP contribution in [0.2, 0.25) is 0 Å². The summed E-state index contributed by atoms with van der Waals surface area (Å²) in [5, 5.41) is 8.66. The Kier molecular flexibility index (Phi) is 4.78. The summed E-state index contributed by atoms with van der Waals surface area (Å²) >= 11 is 0. The number of hydrogen-bond acceptors (Lipinski definition) is 4. The minimum absolute atomic E-state index is 0.288. The topological polar surface area (TPSA) is 56.3 Å². The van der Waals surface area contributed by atoms with Crippen LogP contribution in [0.5, 0.6) is 0 Å². The van der Waals surface area contributed by atoms with Crippen molar-refractivity contribution in [3.8, 4) is 6.07 Å². The summed E-state index contributed by atoms with van der Waals surface area (Å²) in [7, 11) is 0. The first-order valence-electron chi connectivity index (χ1n) is 6.91. The number of nitrogens with two attached hydrogens (primary N) is 1. The Balaban J connectivity index is 1.70. The van der Waals surface area contributed by atoms with E-state index in [4.69, 9.17) is 11.0 Å². The first kappa shape index (κ1) is 12.8. The molecule has 2 aliphatic rings. The molecule has 96 valence electrons. The standard InChI is InChI=1S/C13H24N4/c14-10-12(15)4-8-16-9-5-13(11-16)17-6-2-1-3-7-17/h12-13H,1-9,11,15H2. The van der Waals surface area contributed by atoms with Crippen LogP contribution in [-0.4, -0.2) is 54.6 Å². The molecule has 2 aliphatic heterocycles. The Bertz CT molecular complexity index is 267. The van der Waals surface area contributed by atoms with E-state index >= 15 is 0 Å². The lowest BCUT2D eigenvalue weighted by atomic mass is 10.1. The third-order valence-corrected chi connectivity index (χ3v) is 4.08. The molecule has 2 fully saturated rings. The van der Waals surface area contributed by atoms with Crippen molar-refractivity contribution < 1.29 is 0 Å². The quantitative estimate of drug-likeness (QED) is 0.784. The zero-order valence-corrected chi connectivity index (χ0v) is 10.6. The third kappa shape index (κ3) is 3.67. The Morgan fingerprint density at radius 1 is 1.24 bits per heavy atom. The number of piperidine rings is 1. The second-order valence-electron chi connectivity index (χ2n) is 5.36. The molecule has 4 heteroatoms. The molecule has 2 N–H and O–H groups in total. The Hall–Kier alpha value is -0.630. The first-order chi connectivity index (χ1) is 8.29. The highest BCUT2D eigenvalue weighted by Crippen LogP contribution is 2.20. The van der Waals surface area contributed by atoms with E-state index < -0.39 is 0 Å². The highest BCUT2D eigenvalue weighted by molar-refractivity contribution is 4.89. The third-order valence-electron chi connectivity index (χ3n) is 4.08. The lowest BCUT2D eigenvalue weighted by Gasteiger charge is -2.32. The van der Waals surface area contributed by atoms with Crippen LogP contribution in [0.1, 0.15) is 32.1 Å². The van der Waals surface area contributed by atoms with E-state index in [2.05, 4.69) is 15.9 Å². The fraction of sp³-hybridized carbons (Fsp3) is 0.923. The van der Waals surface area contributed by atoms with Gasteiger partial charge in [0.15, 0.2) is 0 Å². The van der Waals surface area contributed by atoms with Crippen molar-refractivity contribution in [1.29, 1.82) is 5.26 Å². The Morgan fingerprint density at radius 2 is 2.00 bits per heavy atom. The highest BCUT2D eigenvalue weighted by atomic mass is 15.3. The summed E-state index contributed by atoms with van der Waals surface area (Å²) in [6, 6.07) is 2.57. The molecule has 0 bridgehead atoms. The van der Waals surface area contributed by atoms with Gasteiger partial charge >= 0.3 is 0 Å². The van der Waals surface area contributed by atoms with Crippen molar-refractivity contribution in [3.05, 3.63) is 0 Å². The van der Waals surface area contributed by atoms with E-state index in [0.717, 1.165) is 19.0 Å².